The number of esters is 1. The highest BCUT2D eigenvalue weighted by Gasteiger charge is 2.16. The van der Waals surface area contributed by atoms with Gasteiger partial charge in [0.1, 0.15) is 0 Å². The van der Waals surface area contributed by atoms with E-state index in [4.69, 9.17) is 4.74 Å². The lowest BCUT2D eigenvalue weighted by Gasteiger charge is -2.08. The van der Waals surface area contributed by atoms with Crippen molar-refractivity contribution in [1.29, 1.82) is 0 Å². The summed E-state index contributed by atoms with van der Waals surface area (Å²) in [5.74, 6) is -1.23. The van der Waals surface area contributed by atoms with Gasteiger partial charge in [0.15, 0.2) is 6.61 Å². The van der Waals surface area contributed by atoms with Crippen LogP contribution in [-0.4, -0.2) is 24.5 Å². The Bertz CT molecular complexity index is 786. The Balaban J connectivity index is 1.42. The zero-order valence-corrected chi connectivity index (χ0v) is 14.4. The SMILES string of the molecule is O=C(COC(=O)c1ccc2c(c1)CCC2)NC(=O)NCc1cccs1. The van der Waals surface area contributed by atoms with Crippen molar-refractivity contribution in [3.63, 3.8) is 0 Å². The number of amides is 3. The number of hydrogen-bond donors (Lipinski definition) is 2. The van der Waals surface area contributed by atoms with Gasteiger partial charge in [-0.3, -0.25) is 10.1 Å². The number of imide groups is 1. The van der Waals surface area contributed by atoms with E-state index >= 15 is 0 Å². The van der Waals surface area contributed by atoms with Gasteiger partial charge in [-0.05, 0) is 54.0 Å². The van der Waals surface area contributed by atoms with Crippen molar-refractivity contribution in [3.05, 3.63) is 57.3 Å². The first-order valence-electron chi connectivity index (χ1n) is 8.01. The predicted molar refractivity (Wildman–Crippen MR) is 93.4 cm³/mol. The lowest BCUT2D eigenvalue weighted by Crippen LogP contribution is -2.41. The summed E-state index contributed by atoms with van der Waals surface area (Å²) in [7, 11) is 0. The lowest BCUT2D eigenvalue weighted by molar-refractivity contribution is -0.123. The summed E-state index contributed by atoms with van der Waals surface area (Å²) in [4.78, 5) is 36.3. The van der Waals surface area contributed by atoms with Gasteiger partial charge in [-0.2, -0.15) is 0 Å². The fourth-order valence-electron chi connectivity index (χ4n) is 2.70. The maximum atomic E-state index is 12.0. The molecule has 3 amide bonds. The summed E-state index contributed by atoms with van der Waals surface area (Å²) in [6.07, 6.45) is 3.09. The molecule has 0 saturated heterocycles. The average Bonchev–Trinajstić information content (AvgIpc) is 3.28. The van der Waals surface area contributed by atoms with Crippen LogP contribution in [0.2, 0.25) is 0 Å². The molecule has 0 fully saturated rings. The highest BCUT2D eigenvalue weighted by Crippen LogP contribution is 2.23. The van der Waals surface area contributed by atoms with E-state index in [0.29, 0.717) is 12.1 Å². The molecule has 1 aromatic carbocycles. The van der Waals surface area contributed by atoms with Crippen LogP contribution in [0.3, 0.4) is 0 Å². The number of ether oxygens (including phenoxy) is 1. The molecular weight excluding hydrogens is 340 g/mol. The summed E-state index contributed by atoms with van der Waals surface area (Å²) < 4.78 is 4.97. The number of thiophene rings is 1. The van der Waals surface area contributed by atoms with Gasteiger partial charge in [0, 0.05) is 4.88 Å². The summed E-state index contributed by atoms with van der Waals surface area (Å²) in [5, 5.41) is 6.59. The van der Waals surface area contributed by atoms with Gasteiger partial charge in [-0.1, -0.05) is 12.1 Å². The number of benzene rings is 1. The number of carbonyl (C=O) groups excluding carboxylic acids is 3. The molecule has 1 aliphatic rings. The third-order valence-electron chi connectivity index (χ3n) is 3.92. The molecule has 0 atom stereocenters. The maximum absolute atomic E-state index is 12.0. The molecule has 1 aromatic heterocycles. The number of carbonyl (C=O) groups is 3. The predicted octanol–water partition coefficient (Wildman–Crippen LogP) is 2.42. The molecule has 7 heteroatoms. The van der Waals surface area contributed by atoms with E-state index in [9.17, 15) is 14.4 Å². The highest BCUT2D eigenvalue weighted by atomic mass is 32.1. The van der Waals surface area contributed by atoms with Crippen LogP contribution in [0.4, 0.5) is 4.79 Å². The quantitative estimate of drug-likeness (QED) is 0.804. The molecule has 1 aliphatic carbocycles. The van der Waals surface area contributed by atoms with Gasteiger partial charge in [0.2, 0.25) is 0 Å². The molecule has 2 aromatic rings. The number of fused-ring (bicyclic) bond motifs is 1. The molecule has 0 spiro atoms. The van der Waals surface area contributed by atoms with Gasteiger partial charge in [-0.25, -0.2) is 9.59 Å². The zero-order chi connectivity index (χ0) is 17.6. The van der Waals surface area contributed by atoms with Crippen molar-refractivity contribution >= 4 is 29.2 Å². The minimum atomic E-state index is -0.668. The summed E-state index contributed by atoms with van der Waals surface area (Å²) in [6.45, 7) is -0.159. The third-order valence-corrected chi connectivity index (χ3v) is 4.80. The summed E-state index contributed by atoms with van der Waals surface area (Å²) >= 11 is 1.51. The summed E-state index contributed by atoms with van der Waals surface area (Å²) in [6, 6.07) is 8.59. The molecule has 2 N–H and O–H groups in total. The molecule has 1 heterocycles. The monoisotopic (exact) mass is 358 g/mol. The highest BCUT2D eigenvalue weighted by molar-refractivity contribution is 7.09. The number of rotatable bonds is 5. The first-order valence-corrected chi connectivity index (χ1v) is 8.89. The topological polar surface area (TPSA) is 84.5 Å². The lowest BCUT2D eigenvalue weighted by atomic mass is 10.1. The van der Waals surface area contributed by atoms with Gasteiger partial charge in [0.25, 0.3) is 5.91 Å². The van der Waals surface area contributed by atoms with Gasteiger partial charge in [0.05, 0.1) is 12.1 Å². The Morgan fingerprint density at radius 3 is 2.76 bits per heavy atom. The van der Waals surface area contributed by atoms with Crippen LogP contribution in [-0.2, 0) is 28.9 Å². The molecule has 0 saturated carbocycles. The first-order chi connectivity index (χ1) is 12.1. The molecule has 6 nitrogen and oxygen atoms in total. The Morgan fingerprint density at radius 1 is 1.12 bits per heavy atom. The molecule has 0 aliphatic heterocycles. The fraction of sp³-hybridized carbons (Fsp3) is 0.278. The third kappa shape index (κ3) is 4.67. The smallest absolute Gasteiger partial charge is 0.338 e. The molecule has 130 valence electrons. The Morgan fingerprint density at radius 2 is 1.96 bits per heavy atom. The molecule has 25 heavy (non-hydrogen) atoms. The van der Waals surface area contributed by atoms with Crippen LogP contribution in [0.15, 0.2) is 35.7 Å². The Hall–Kier alpha value is -2.67. The molecule has 3 rings (SSSR count). The van der Waals surface area contributed by atoms with E-state index < -0.39 is 24.5 Å². The normalized spacial score (nSPS) is 12.3. The van der Waals surface area contributed by atoms with Crippen molar-refractivity contribution in [2.45, 2.75) is 25.8 Å². The van der Waals surface area contributed by atoms with E-state index in [1.165, 1.54) is 16.9 Å². The Labute approximate surface area is 149 Å². The fourth-order valence-corrected chi connectivity index (χ4v) is 3.35. The van der Waals surface area contributed by atoms with Gasteiger partial charge in [-0.15, -0.1) is 11.3 Å². The van der Waals surface area contributed by atoms with Crippen LogP contribution in [0.25, 0.3) is 0 Å². The van der Waals surface area contributed by atoms with Crippen LogP contribution >= 0.6 is 11.3 Å². The van der Waals surface area contributed by atoms with Crippen LogP contribution in [0.5, 0.6) is 0 Å². The number of nitrogens with one attached hydrogen (secondary N) is 2. The van der Waals surface area contributed by atoms with Crippen molar-refractivity contribution in [2.24, 2.45) is 0 Å². The number of hydrogen-bond acceptors (Lipinski definition) is 5. The van der Waals surface area contributed by atoms with E-state index in [2.05, 4.69) is 10.6 Å². The van der Waals surface area contributed by atoms with Gasteiger partial charge >= 0.3 is 12.0 Å². The second kappa shape index (κ2) is 7.94. The second-order valence-corrected chi connectivity index (χ2v) is 6.76. The van der Waals surface area contributed by atoms with Crippen LogP contribution in [0, 0.1) is 0 Å². The first kappa shape index (κ1) is 17.2. The minimum Gasteiger partial charge on any atom is -0.452 e. The van der Waals surface area contributed by atoms with Crippen LogP contribution < -0.4 is 10.6 Å². The minimum absolute atomic E-state index is 0.339. The van der Waals surface area contributed by atoms with Crippen LogP contribution in [0.1, 0.15) is 32.8 Å². The van der Waals surface area contributed by atoms with Crippen molar-refractivity contribution in [2.75, 3.05) is 6.61 Å². The Kier molecular flexibility index (Phi) is 5.45. The van der Waals surface area contributed by atoms with E-state index in [0.717, 1.165) is 29.7 Å². The van der Waals surface area contributed by atoms with Crippen molar-refractivity contribution < 1.29 is 19.1 Å². The van der Waals surface area contributed by atoms with Crippen molar-refractivity contribution in [1.82, 2.24) is 10.6 Å². The molecular formula is C18H18N2O4S. The zero-order valence-electron chi connectivity index (χ0n) is 13.5. The maximum Gasteiger partial charge on any atom is 0.338 e. The standard InChI is InChI=1S/C18H18N2O4S/c21-16(20-18(23)19-10-15-5-2-8-25-15)11-24-17(22)14-7-6-12-3-1-4-13(12)9-14/h2,5-9H,1,3-4,10-11H2,(H2,19,20,21,23). The van der Waals surface area contributed by atoms with E-state index in [1.54, 1.807) is 6.07 Å². The molecule has 0 unspecified atom stereocenters. The number of aryl methyl sites for hydroxylation is 2. The van der Waals surface area contributed by atoms with E-state index in [-0.39, 0.29) is 0 Å². The largest absolute Gasteiger partial charge is 0.452 e. The number of urea groups is 1. The van der Waals surface area contributed by atoms with Gasteiger partial charge < -0.3 is 10.1 Å². The van der Waals surface area contributed by atoms with Crippen molar-refractivity contribution in [3.8, 4) is 0 Å². The van der Waals surface area contributed by atoms with E-state index in [1.807, 2.05) is 29.6 Å². The molecule has 0 radical (unpaired) electrons. The second-order valence-electron chi connectivity index (χ2n) is 5.72. The average molecular weight is 358 g/mol. The molecule has 0 bridgehead atoms. The summed E-state index contributed by atoms with van der Waals surface area (Å²) in [5.41, 5.74) is 2.85.